The van der Waals surface area contributed by atoms with Gasteiger partial charge in [0, 0.05) is 18.2 Å². The lowest BCUT2D eigenvalue weighted by atomic mass is 10.2. The highest BCUT2D eigenvalue weighted by Crippen LogP contribution is 2.26. The van der Waals surface area contributed by atoms with Crippen LogP contribution in [-0.2, 0) is 4.79 Å². The molecule has 20 heavy (non-hydrogen) atoms. The number of anilines is 2. The normalized spacial score (nSPS) is 14.6. The minimum absolute atomic E-state index is 0.157. The van der Waals surface area contributed by atoms with Gasteiger partial charge in [0.05, 0.1) is 5.69 Å². The standard InChI is InChI=1S/C15H22FN3O/c1-2-19(12-6-7-12)9-3-4-15(20)18-14-10-11(17)5-8-13(14)16/h5,8,10,12H,2-4,6-7,9,17H2,1H3,(H,18,20). The topological polar surface area (TPSA) is 58.4 Å². The highest BCUT2D eigenvalue weighted by molar-refractivity contribution is 5.91. The van der Waals surface area contributed by atoms with Crippen molar-refractivity contribution in [3.05, 3.63) is 24.0 Å². The number of halogens is 1. The second-order valence-corrected chi connectivity index (χ2v) is 5.25. The van der Waals surface area contributed by atoms with Gasteiger partial charge in [-0.05, 0) is 50.6 Å². The summed E-state index contributed by atoms with van der Waals surface area (Å²) in [5, 5.41) is 2.58. The van der Waals surface area contributed by atoms with E-state index in [1.807, 2.05) is 0 Å². The molecule has 1 fully saturated rings. The van der Waals surface area contributed by atoms with Crippen LogP contribution >= 0.6 is 0 Å². The Balaban J connectivity index is 1.76. The molecule has 0 aromatic heterocycles. The van der Waals surface area contributed by atoms with E-state index in [0.717, 1.165) is 25.6 Å². The van der Waals surface area contributed by atoms with Gasteiger partial charge in [-0.25, -0.2) is 4.39 Å². The highest BCUT2D eigenvalue weighted by Gasteiger charge is 2.27. The summed E-state index contributed by atoms with van der Waals surface area (Å²) < 4.78 is 13.5. The average molecular weight is 279 g/mol. The number of hydrogen-bond donors (Lipinski definition) is 2. The van der Waals surface area contributed by atoms with Crippen LogP contribution in [0.25, 0.3) is 0 Å². The van der Waals surface area contributed by atoms with Gasteiger partial charge < -0.3 is 16.0 Å². The van der Waals surface area contributed by atoms with Gasteiger partial charge in [0.25, 0.3) is 0 Å². The molecule has 1 amide bonds. The molecule has 0 unspecified atom stereocenters. The van der Waals surface area contributed by atoms with Crippen LogP contribution < -0.4 is 11.1 Å². The number of hydrogen-bond acceptors (Lipinski definition) is 3. The molecule has 5 heteroatoms. The summed E-state index contributed by atoms with van der Waals surface area (Å²) in [6, 6.07) is 4.89. The van der Waals surface area contributed by atoms with E-state index < -0.39 is 5.82 Å². The SMILES string of the molecule is CCN(CCCC(=O)Nc1cc(N)ccc1F)C1CC1. The van der Waals surface area contributed by atoms with Gasteiger partial charge in [0.1, 0.15) is 5.82 Å². The number of nitrogens with one attached hydrogen (secondary N) is 1. The largest absolute Gasteiger partial charge is 0.399 e. The molecular weight excluding hydrogens is 257 g/mol. The maximum Gasteiger partial charge on any atom is 0.224 e. The fraction of sp³-hybridized carbons (Fsp3) is 0.533. The van der Waals surface area contributed by atoms with Crippen molar-refractivity contribution in [2.24, 2.45) is 0 Å². The van der Waals surface area contributed by atoms with Gasteiger partial charge in [-0.2, -0.15) is 0 Å². The Kier molecular flexibility index (Phi) is 4.95. The van der Waals surface area contributed by atoms with Crippen LogP contribution in [0.2, 0.25) is 0 Å². The monoisotopic (exact) mass is 279 g/mol. The van der Waals surface area contributed by atoms with Crippen LogP contribution in [0.15, 0.2) is 18.2 Å². The van der Waals surface area contributed by atoms with Gasteiger partial charge in [0.2, 0.25) is 5.91 Å². The van der Waals surface area contributed by atoms with E-state index in [-0.39, 0.29) is 11.6 Å². The zero-order valence-corrected chi connectivity index (χ0v) is 11.9. The van der Waals surface area contributed by atoms with Crippen molar-refractivity contribution in [3.63, 3.8) is 0 Å². The Morgan fingerprint density at radius 1 is 1.50 bits per heavy atom. The zero-order chi connectivity index (χ0) is 14.5. The van der Waals surface area contributed by atoms with Crippen LogP contribution in [0.1, 0.15) is 32.6 Å². The fourth-order valence-corrected chi connectivity index (χ4v) is 2.33. The molecule has 0 atom stereocenters. The van der Waals surface area contributed by atoms with Crippen molar-refractivity contribution < 1.29 is 9.18 Å². The lowest BCUT2D eigenvalue weighted by molar-refractivity contribution is -0.116. The molecule has 1 saturated carbocycles. The van der Waals surface area contributed by atoms with Crippen LogP contribution in [0.3, 0.4) is 0 Å². The number of benzene rings is 1. The van der Waals surface area contributed by atoms with E-state index in [0.29, 0.717) is 12.1 Å². The maximum atomic E-state index is 13.5. The van der Waals surface area contributed by atoms with E-state index in [1.165, 1.54) is 31.0 Å². The van der Waals surface area contributed by atoms with Crippen molar-refractivity contribution in [3.8, 4) is 0 Å². The molecule has 1 aliphatic carbocycles. The number of carbonyl (C=O) groups excluding carboxylic acids is 1. The summed E-state index contributed by atoms with van der Waals surface area (Å²) in [5.41, 5.74) is 6.17. The van der Waals surface area contributed by atoms with Gasteiger partial charge in [-0.3, -0.25) is 4.79 Å². The molecule has 0 heterocycles. The van der Waals surface area contributed by atoms with Crippen LogP contribution in [0, 0.1) is 5.82 Å². The quantitative estimate of drug-likeness (QED) is 0.754. The van der Waals surface area contributed by atoms with Crippen LogP contribution in [0.4, 0.5) is 15.8 Å². The molecule has 110 valence electrons. The summed E-state index contributed by atoms with van der Waals surface area (Å²) in [4.78, 5) is 14.2. The van der Waals surface area contributed by atoms with Crippen molar-refractivity contribution in [1.29, 1.82) is 0 Å². The predicted molar refractivity (Wildman–Crippen MR) is 78.9 cm³/mol. The summed E-state index contributed by atoms with van der Waals surface area (Å²) in [6.45, 7) is 4.09. The van der Waals surface area contributed by atoms with E-state index >= 15 is 0 Å². The first kappa shape index (κ1) is 14.8. The maximum absolute atomic E-state index is 13.5. The summed E-state index contributed by atoms with van der Waals surface area (Å²) >= 11 is 0. The smallest absolute Gasteiger partial charge is 0.224 e. The van der Waals surface area contributed by atoms with Crippen molar-refractivity contribution in [1.82, 2.24) is 4.90 Å². The molecule has 0 bridgehead atoms. The third kappa shape index (κ3) is 4.20. The fourth-order valence-electron chi connectivity index (χ4n) is 2.33. The lowest BCUT2D eigenvalue weighted by Crippen LogP contribution is -2.27. The average Bonchev–Trinajstić information content (AvgIpc) is 3.23. The van der Waals surface area contributed by atoms with Gasteiger partial charge in [-0.1, -0.05) is 6.92 Å². The zero-order valence-electron chi connectivity index (χ0n) is 11.9. The molecule has 1 aliphatic rings. The first-order valence-electron chi connectivity index (χ1n) is 7.19. The second-order valence-electron chi connectivity index (χ2n) is 5.25. The molecule has 4 nitrogen and oxygen atoms in total. The van der Waals surface area contributed by atoms with E-state index in [1.54, 1.807) is 0 Å². The number of nitrogen functional groups attached to an aromatic ring is 1. The second kappa shape index (κ2) is 6.70. The van der Waals surface area contributed by atoms with Crippen LogP contribution in [-0.4, -0.2) is 29.9 Å². The number of nitrogens with two attached hydrogens (primary N) is 1. The van der Waals surface area contributed by atoms with Crippen molar-refractivity contribution in [2.75, 3.05) is 24.1 Å². The first-order chi connectivity index (χ1) is 9.60. The number of nitrogens with zero attached hydrogens (tertiary/aromatic N) is 1. The Labute approximate surface area is 119 Å². The molecule has 1 aromatic rings. The van der Waals surface area contributed by atoms with E-state index in [4.69, 9.17) is 5.73 Å². The molecule has 0 saturated heterocycles. The molecule has 2 rings (SSSR count). The summed E-state index contributed by atoms with van der Waals surface area (Å²) in [6.07, 6.45) is 3.74. The Morgan fingerprint density at radius 2 is 2.25 bits per heavy atom. The van der Waals surface area contributed by atoms with Crippen molar-refractivity contribution in [2.45, 2.75) is 38.6 Å². The minimum Gasteiger partial charge on any atom is -0.399 e. The Bertz CT molecular complexity index is 474. The van der Waals surface area contributed by atoms with Gasteiger partial charge >= 0.3 is 0 Å². The molecule has 3 N–H and O–H groups in total. The van der Waals surface area contributed by atoms with Crippen LogP contribution in [0.5, 0.6) is 0 Å². The third-order valence-electron chi connectivity index (χ3n) is 3.58. The minimum atomic E-state index is -0.458. The Hall–Kier alpha value is -1.62. The number of carbonyl (C=O) groups is 1. The third-order valence-corrected chi connectivity index (χ3v) is 3.58. The molecular formula is C15H22FN3O. The van der Waals surface area contributed by atoms with Crippen molar-refractivity contribution >= 4 is 17.3 Å². The number of amides is 1. The van der Waals surface area contributed by atoms with Gasteiger partial charge in [0.15, 0.2) is 0 Å². The lowest BCUT2D eigenvalue weighted by Gasteiger charge is -2.19. The molecule has 0 radical (unpaired) electrons. The summed E-state index contributed by atoms with van der Waals surface area (Å²) in [7, 11) is 0. The van der Waals surface area contributed by atoms with E-state index in [9.17, 15) is 9.18 Å². The summed E-state index contributed by atoms with van der Waals surface area (Å²) in [5.74, 6) is -0.623. The molecule has 0 spiro atoms. The first-order valence-corrected chi connectivity index (χ1v) is 7.19. The molecule has 1 aromatic carbocycles. The Morgan fingerprint density at radius 3 is 2.90 bits per heavy atom. The molecule has 0 aliphatic heterocycles. The van der Waals surface area contributed by atoms with Gasteiger partial charge in [-0.15, -0.1) is 0 Å². The highest BCUT2D eigenvalue weighted by atomic mass is 19.1. The number of rotatable bonds is 7. The predicted octanol–water partition coefficient (Wildman–Crippen LogP) is 2.61. The van der Waals surface area contributed by atoms with E-state index in [2.05, 4.69) is 17.1 Å².